The number of amides is 3. The number of rotatable bonds is 3. The van der Waals surface area contributed by atoms with Crippen molar-refractivity contribution in [3.8, 4) is 0 Å². The SMILES string of the molecule is CC1CN(c2ccc(Cl)cc2)C2NC3C(C(=O)N(Cc4c(F)cccc4Cl)C(=O)N3C)N2C1. The van der Waals surface area contributed by atoms with Gasteiger partial charge in [-0.15, -0.1) is 0 Å². The van der Waals surface area contributed by atoms with E-state index < -0.39 is 24.1 Å². The molecule has 10 heteroatoms. The Morgan fingerprint density at radius 1 is 1.09 bits per heavy atom. The lowest BCUT2D eigenvalue weighted by molar-refractivity contribution is -0.139. The molecular formula is C23H24Cl2FN5O2. The van der Waals surface area contributed by atoms with Gasteiger partial charge in [-0.3, -0.25) is 19.9 Å². The predicted molar refractivity (Wildman–Crippen MR) is 124 cm³/mol. The number of carbonyl (C=O) groups excluding carboxylic acids is 2. The van der Waals surface area contributed by atoms with E-state index in [-0.39, 0.29) is 35.2 Å². The van der Waals surface area contributed by atoms with E-state index in [1.165, 1.54) is 17.0 Å². The van der Waals surface area contributed by atoms with Gasteiger partial charge in [-0.2, -0.15) is 0 Å². The molecular weight excluding hydrogens is 468 g/mol. The largest absolute Gasteiger partial charge is 0.343 e. The van der Waals surface area contributed by atoms with E-state index in [9.17, 15) is 14.0 Å². The van der Waals surface area contributed by atoms with Crippen LogP contribution in [0.15, 0.2) is 42.5 Å². The average Bonchev–Trinajstić information content (AvgIpc) is 3.16. The monoisotopic (exact) mass is 491 g/mol. The first kappa shape index (κ1) is 22.4. The number of fused-ring (bicyclic) bond motifs is 3. The van der Waals surface area contributed by atoms with Crippen LogP contribution in [0, 0.1) is 11.7 Å². The second-order valence-corrected chi connectivity index (χ2v) is 9.72. The van der Waals surface area contributed by atoms with Gasteiger partial charge in [-0.1, -0.05) is 36.2 Å². The van der Waals surface area contributed by atoms with Gasteiger partial charge in [0.25, 0.3) is 5.91 Å². The third-order valence-electron chi connectivity index (χ3n) is 6.62. The molecule has 4 unspecified atom stereocenters. The van der Waals surface area contributed by atoms with Crippen molar-refractivity contribution in [2.45, 2.75) is 32.0 Å². The van der Waals surface area contributed by atoms with Gasteiger partial charge in [0.2, 0.25) is 0 Å². The fourth-order valence-corrected chi connectivity index (χ4v) is 5.39. The van der Waals surface area contributed by atoms with E-state index in [0.29, 0.717) is 11.6 Å². The molecule has 0 bridgehead atoms. The number of hydrogen-bond donors (Lipinski definition) is 1. The summed E-state index contributed by atoms with van der Waals surface area (Å²) in [7, 11) is 1.66. The van der Waals surface area contributed by atoms with E-state index in [1.54, 1.807) is 13.1 Å². The van der Waals surface area contributed by atoms with Gasteiger partial charge in [0.1, 0.15) is 24.3 Å². The Balaban J connectivity index is 1.47. The highest BCUT2D eigenvalue weighted by atomic mass is 35.5. The van der Waals surface area contributed by atoms with Crippen LogP contribution in [0.3, 0.4) is 0 Å². The molecule has 5 rings (SSSR count). The maximum Gasteiger partial charge on any atom is 0.328 e. The molecule has 3 aliphatic heterocycles. The Hall–Kier alpha value is -2.39. The third-order valence-corrected chi connectivity index (χ3v) is 7.23. The predicted octanol–water partition coefficient (Wildman–Crippen LogP) is 3.57. The van der Waals surface area contributed by atoms with Gasteiger partial charge < -0.3 is 9.80 Å². The van der Waals surface area contributed by atoms with Gasteiger partial charge in [0.05, 0.1) is 6.54 Å². The van der Waals surface area contributed by atoms with E-state index in [1.807, 2.05) is 24.3 Å². The van der Waals surface area contributed by atoms with Crippen molar-refractivity contribution >= 4 is 40.8 Å². The van der Waals surface area contributed by atoms with Crippen LogP contribution in [0.4, 0.5) is 14.9 Å². The molecule has 2 aromatic rings. The number of imide groups is 1. The molecule has 4 atom stereocenters. The van der Waals surface area contributed by atoms with E-state index in [0.717, 1.165) is 17.1 Å². The number of nitrogens with zero attached hydrogens (tertiary/aromatic N) is 4. The summed E-state index contributed by atoms with van der Waals surface area (Å²) >= 11 is 12.3. The number of hydrogen-bond acceptors (Lipinski definition) is 5. The van der Waals surface area contributed by atoms with Crippen LogP contribution in [-0.2, 0) is 11.3 Å². The zero-order chi connectivity index (χ0) is 23.4. The standard InChI is InChI=1S/C23H24Cl2FN5O2/c1-13-10-29(15-8-6-14(24)7-9-15)22-27-20-19(30(22)11-13)21(32)31(23(33)28(20)2)12-16-17(25)4-3-5-18(16)26/h3-9,13,19-20,22,27H,10-12H2,1-2H3. The molecule has 3 aliphatic rings. The molecule has 3 saturated heterocycles. The maximum atomic E-state index is 14.4. The molecule has 0 aromatic heterocycles. The second kappa shape index (κ2) is 8.43. The first-order chi connectivity index (χ1) is 15.8. The maximum absolute atomic E-state index is 14.4. The van der Waals surface area contributed by atoms with Crippen molar-refractivity contribution in [1.29, 1.82) is 0 Å². The first-order valence-electron chi connectivity index (χ1n) is 10.8. The first-order valence-corrected chi connectivity index (χ1v) is 11.6. The van der Waals surface area contributed by atoms with Crippen LogP contribution in [0.5, 0.6) is 0 Å². The summed E-state index contributed by atoms with van der Waals surface area (Å²) in [5.74, 6) is -0.624. The van der Waals surface area contributed by atoms with Crippen LogP contribution in [-0.4, -0.2) is 65.3 Å². The van der Waals surface area contributed by atoms with Gasteiger partial charge in [0.15, 0.2) is 0 Å². The van der Waals surface area contributed by atoms with Crippen molar-refractivity contribution in [1.82, 2.24) is 20.0 Å². The summed E-state index contributed by atoms with van der Waals surface area (Å²) in [6.07, 6.45) is -0.768. The minimum atomic E-state index is -0.596. The van der Waals surface area contributed by atoms with Crippen molar-refractivity contribution in [2.75, 3.05) is 25.0 Å². The Morgan fingerprint density at radius 3 is 2.52 bits per heavy atom. The molecule has 33 heavy (non-hydrogen) atoms. The van der Waals surface area contributed by atoms with Gasteiger partial charge in [-0.25, -0.2) is 9.18 Å². The molecule has 3 heterocycles. The van der Waals surface area contributed by atoms with Crippen molar-refractivity contribution < 1.29 is 14.0 Å². The Morgan fingerprint density at radius 2 is 1.82 bits per heavy atom. The second-order valence-electron chi connectivity index (χ2n) is 8.88. The quantitative estimate of drug-likeness (QED) is 0.711. The number of carbonyl (C=O) groups is 2. The summed E-state index contributed by atoms with van der Waals surface area (Å²) in [4.78, 5) is 33.7. The molecule has 7 nitrogen and oxygen atoms in total. The van der Waals surface area contributed by atoms with Crippen LogP contribution in [0.25, 0.3) is 0 Å². The highest BCUT2D eigenvalue weighted by molar-refractivity contribution is 6.31. The minimum Gasteiger partial charge on any atom is -0.343 e. The van der Waals surface area contributed by atoms with Crippen LogP contribution >= 0.6 is 23.2 Å². The van der Waals surface area contributed by atoms with Gasteiger partial charge in [0, 0.05) is 41.4 Å². The number of halogens is 3. The molecule has 3 fully saturated rings. The lowest BCUT2D eigenvalue weighted by atomic mass is 10.0. The molecule has 1 N–H and O–H groups in total. The topological polar surface area (TPSA) is 59.1 Å². The van der Waals surface area contributed by atoms with Crippen molar-refractivity contribution in [2.24, 2.45) is 5.92 Å². The van der Waals surface area contributed by atoms with Crippen molar-refractivity contribution in [3.63, 3.8) is 0 Å². The fourth-order valence-electron chi connectivity index (χ4n) is 5.04. The fraction of sp³-hybridized carbons (Fsp3) is 0.391. The zero-order valence-corrected chi connectivity index (χ0v) is 19.7. The molecule has 0 saturated carbocycles. The van der Waals surface area contributed by atoms with Crippen LogP contribution in [0.2, 0.25) is 10.0 Å². The lowest BCUT2D eigenvalue weighted by Gasteiger charge is -2.46. The summed E-state index contributed by atoms with van der Waals surface area (Å²) in [5, 5.41) is 4.31. The van der Waals surface area contributed by atoms with E-state index >= 15 is 0 Å². The highest BCUT2D eigenvalue weighted by Gasteiger charge is 2.56. The Bertz CT molecular complexity index is 1080. The third kappa shape index (κ3) is 3.75. The average molecular weight is 492 g/mol. The summed E-state index contributed by atoms with van der Waals surface area (Å²) in [6.45, 7) is 3.39. The van der Waals surface area contributed by atoms with Crippen LogP contribution < -0.4 is 10.2 Å². The summed E-state index contributed by atoms with van der Waals surface area (Å²) < 4.78 is 14.4. The molecule has 0 aliphatic carbocycles. The highest BCUT2D eigenvalue weighted by Crippen LogP contribution is 2.35. The minimum absolute atomic E-state index is 0.130. The number of anilines is 1. The number of nitrogens with one attached hydrogen (secondary N) is 1. The smallest absolute Gasteiger partial charge is 0.328 e. The van der Waals surface area contributed by atoms with Gasteiger partial charge in [-0.05, 0) is 42.3 Å². The Kier molecular flexibility index (Phi) is 5.73. The number of urea groups is 1. The molecule has 3 amide bonds. The zero-order valence-electron chi connectivity index (χ0n) is 18.2. The molecule has 0 radical (unpaired) electrons. The normalized spacial score (nSPS) is 27.7. The Labute approximate surface area is 201 Å². The molecule has 2 aromatic carbocycles. The molecule has 0 spiro atoms. The van der Waals surface area contributed by atoms with Crippen molar-refractivity contribution in [3.05, 3.63) is 63.9 Å². The van der Waals surface area contributed by atoms with E-state index in [2.05, 4.69) is 22.0 Å². The van der Waals surface area contributed by atoms with E-state index in [4.69, 9.17) is 23.2 Å². The summed E-state index contributed by atoms with van der Waals surface area (Å²) in [6, 6.07) is 10.8. The van der Waals surface area contributed by atoms with Crippen LogP contribution in [0.1, 0.15) is 12.5 Å². The summed E-state index contributed by atoms with van der Waals surface area (Å²) in [5.41, 5.74) is 1.11. The van der Waals surface area contributed by atoms with Gasteiger partial charge >= 0.3 is 6.03 Å². The molecule has 174 valence electrons. The lowest BCUT2D eigenvalue weighted by Crippen LogP contribution is -2.66. The number of benzene rings is 2. The number of likely N-dealkylation sites (N-methyl/N-ethyl adjacent to an activating group) is 1.